The summed E-state index contributed by atoms with van der Waals surface area (Å²) >= 11 is 0. The number of carbonyl (C=O) groups excluding carboxylic acids is 2. The number of hydrogen-bond donors (Lipinski definition) is 1. The molecule has 1 atom stereocenters. The van der Waals surface area contributed by atoms with E-state index in [9.17, 15) is 14.4 Å². The molecule has 2 amide bonds. The summed E-state index contributed by atoms with van der Waals surface area (Å²) in [6.07, 6.45) is -0.559. The average Bonchev–Trinajstić information content (AvgIpc) is 2.63. The number of likely N-dealkylation sites (N-methyl/N-ethyl adjacent to an activating group) is 1. The average molecular weight is 277 g/mol. The fourth-order valence-corrected chi connectivity index (χ4v) is 2.53. The summed E-state index contributed by atoms with van der Waals surface area (Å²) in [5, 5.41) is 9.10. The Morgan fingerprint density at radius 1 is 1.45 bits per heavy atom. The van der Waals surface area contributed by atoms with Gasteiger partial charge in [-0.3, -0.25) is 19.3 Å². The second-order valence-corrected chi connectivity index (χ2v) is 4.82. The zero-order chi connectivity index (χ0) is 14.9. The molecule has 0 bridgehead atoms. The van der Waals surface area contributed by atoms with Crippen LogP contribution in [-0.2, 0) is 19.8 Å². The van der Waals surface area contributed by atoms with E-state index < -0.39 is 23.7 Å². The van der Waals surface area contributed by atoms with Crippen molar-refractivity contribution in [1.82, 2.24) is 4.90 Å². The monoisotopic (exact) mass is 277 g/mol. The van der Waals surface area contributed by atoms with Gasteiger partial charge in [-0.15, -0.1) is 0 Å². The lowest BCUT2D eigenvalue weighted by atomic mass is 9.76. The smallest absolute Gasteiger partial charge is 0.304 e. The van der Waals surface area contributed by atoms with E-state index >= 15 is 0 Å². The molecule has 2 rings (SSSR count). The maximum absolute atomic E-state index is 12.4. The van der Waals surface area contributed by atoms with E-state index in [0.717, 1.165) is 4.90 Å². The maximum Gasteiger partial charge on any atom is 0.304 e. The number of methoxy groups -OCH3 is 1. The molecule has 0 aliphatic carbocycles. The first-order valence-corrected chi connectivity index (χ1v) is 6.08. The quantitative estimate of drug-likeness (QED) is 0.823. The number of likely N-dealkylation sites (tertiary alicyclic amines) is 1. The van der Waals surface area contributed by atoms with Gasteiger partial charge in [-0.05, 0) is 17.7 Å². The Morgan fingerprint density at radius 2 is 2.15 bits per heavy atom. The molecule has 1 N–H and O–H groups in total. The van der Waals surface area contributed by atoms with Gasteiger partial charge in [0.1, 0.15) is 5.75 Å². The predicted octanol–water partition coefficient (Wildman–Crippen LogP) is 0.796. The highest BCUT2D eigenvalue weighted by Gasteiger charge is 2.52. The van der Waals surface area contributed by atoms with Crippen LogP contribution in [-0.4, -0.2) is 41.9 Å². The van der Waals surface area contributed by atoms with Crippen LogP contribution in [0.25, 0.3) is 0 Å². The van der Waals surface area contributed by atoms with Crippen molar-refractivity contribution in [3.8, 4) is 5.75 Å². The van der Waals surface area contributed by atoms with Gasteiger partial charge in [0.25, 0.3) is 0 Å². The summed E-state index contributed by atoms with van der Waals surface area (Å²) < 4.78 is 5.10. The normalized spacial score (nSPS) is 22.2. The number of amides is 2. The molecule has 1 aromatic rings. The molecule has 6 heteroatoms. The molecule has 1 aliphatic heterocycles. The first kappa shape index (κ1) is 14.0. The van der Waals surface area contributed by atoms with Crippen LogP contribution in [0.1, 0.15) is 18.4 Å². The number of imide groups is 1. The number of carbonyl (C=O) groups is 3. The number of aliphatic carboxylic acids is 1. The first-order valence-electron chi connectivity index (χ1n) is 6.08. The minimum absolute atomic E-state index is 0.137. The highest BCUT2D eigenvalue weighted by atomic mass is 16.5. The Balaban J connectivity index is 2.55. The number of nitrogens with zero attached hydrogens (tertiary/aromatic N) is 1. The van der Waals surface area contributed by atoms with Crippen LogP contribution in [0.5, 0.6) is 5.75 Å². The highest BCUT2D eigenvalue weighted by Crippen LogP contribution is 2.40. The SMILES string of the molecule is COc1cccc([C@@]2(CC(=O)O)CC(=O)N(C)C2=O)c1. The summed E-state index contributed by atoms with van der Waals surface area (Å²) in [7, 11) is 2.85. The molecule has 0 spiro atoms. The minimum atomic E-state index is -1.34. The summed E-state index contributed by atoms with van der Waals surface area (Å²) in [6, 6.07) is 6.62. The van der Waals surface area contributed by atoms with E-state index in [2.05, 4.69) is 0 Å². The summed E-state index contributed by atoms with van der Waals surface area (Å²) in [4.78, 5) is 36.3. The van der Waals surface area contributed by atoms with Crippen molar-refractivity contribution in [3.05, 3.63) is 29.8 Å². The molecule has 6 nitrogen and oxygen atoms in total. The Bertz CT molecular complexity index is 579. The van der Waals surface area contributed by atoms with Gasteiger partial charge in [0, 0.05) is 13.5 Å². The molecule has 0 aromatic heterocycles. The molecular formula is C14H15NO5. The van der Waals surface area contributed by atoms with Gasteiger partial charge < -0.3 is 9.84 Å². The maximum atomic E-state index is 12.4. The Labute approximate surface area is 115 Å². The molecule has 106 valence electrons. The van der Waals surface area contributed by atoms with Gasteiger partial charge in [0.05, 0.1) is 18.9 Å². The third-order valence-corrected chi connectivity index (χ3v) is 3.62. The third kappa shape index (κ3) is 2.13. The fraction of sp³-hybridized carbons (Fsp3) is 0.357. The van der Waals surface area contributed by atoms with Crippen molar-refractivity contribution < 1.29 is 24.2 Å². The minimum Gasteiger partial charge on any atom is -0.497 e. The van der Waals surface area contributed by atoms with E-state index in [0.29, 0.717) is 11.3 Å². The molecule has 1 saturated heterocycles. The fourth-order valence-electron chi connectivity index (χ4n) is 2.53. The number of carboxylic acids is 1. The van der Waals surface area contributed by atoms with Crippen molar-refractivity contribution in [3.63, 3.8) is 0 Å². The van der Waals surface area contributed by atoms with Crippen molar-refractivity contribution in [2.45, 2.75) is 18.3 Å². The standard InChI is InChI=1S/C14H15NO5/c1-15-11(16)7-14(13(15)19,8-12(17)18)9-4-3-5-10(6-9)20-2/h3-6H,7-8H2,1-2H3,(H,17,18)/t14-/m0/s1. The molecule has 0 unspecified atom stereocenters. The number of benzene rings is 1. The van der Waals surface area contributed by atoms with Crippen LogP contribution in [0.2, 0.25) is 0 Å². The second-order valence-electron chi connectivity index (χ2n) is 4.82. The van der Waals surface area contributed by atoms with Gasteiger partial charge in [-0.25, -0.2) is 0 Å². The molecule has 1 heterocycles. The van der Waals surface area contributed by atoms with E-state index in [4.69, 9.17) is 9.84 Å². The largest absolute Gasteiger partial charge is 0.497 e. The summed E-state index contributed by atoms with van der Waals surface area (Å²) in [5.41, 5.74) is -0.853. The Kier molecular flexibility index (Phi) is 3.48. The van der Waals surface area contributed by atoms with Crippen molar-refractivity contribution >= 4 is 17.8 Å². The summed E-state index contributed by atoms with van der Waals surface area (Å²) in [6.45, 7) is 0. The molecule has 20 heavy (non-hydrogen) atoms. The van der Waals surface area contributed by atoms with E-state index in [-0.39, 0.29) is 12.3 Å². The van der Waals surface area contributed by atoms with Gasteiger partial charge in [-0.1, -0.05) is 12.1 Å². The number of carboxylic acid groups (broad SMARTS) is 1. The van der Waals surface area contributed by atoms with E-state index in [1.807, 2.05) is 0 Å². The highest BCUT2D eigenvalue weighted by molar-refractivity contribution is 6.10. The molecule has 0 radical (unpaired) electrons. The lowest BCUT2D eigenvalue weighted by molar-refractivity contribution is -0.144. The second kappa shape index (κ2) is 4.96. The van der Waals surface area contributed by atoms with Gasteiger partial charge in [-0.2, -0.15) is 0 Å². The topological polar surface area (TPSA) is 83.9 Å². The first-order chi connectivity index (χ1) is 9.40. The number of hydrogen-bond acceptors (Lipinski definition) is 4. The van der Waals surface area contributed by atoms with E-state index in [1.54, 1.807) is 24.3 Å². The third-order valence-electron chi connectivity index (χ3n) is 3.62. The molecule has 1 aromatic carbocycles. The lowest BCUT2D eigenvalue weighted by Gasteiger charge is -2.25. The number of rotatable bonds is 4. The van der Waals surface area contributed by atoms with Gasteiger partial charge in [0.15, 0.2) is 0 Å². The van der Waals surface area contributed by atoms with Crippen molar-refractivity contribution in [2.75, 3.05) is 14.2 Å². The van der Waals surface area contributed by atoms with E-state index in [1.165, 1.54) is 14.2 Å². The Morgan fingerprint density at radius 3 is 2.65 bits per heavy atom. The zero-order valence-corrected chi connectivity index (χ0v) is 11.3. The molecular weight excluding hydrogens is 262 g/mol. The van der Waals surface area contributed by atoms with Crippen LogP contribution >= 0.6 is 0 Å². The van der Waals surface area contributed by atoms with Crippen LogP contribution in [0.15, 0.2) is 24.3 Å². The zero-order valence-electron chi connectivity index (χ0n) is 11.3. The Hall–Kier alpha value is -2.37. The summed E-state index contributed by atoms with van der Waals surface area (Å²) in [5.74, 6) is -1.47. The van der Waals surface area contributed by atoms with Crippen LogP contribution in [0.4, 0.5) is 0 Å². The lowest BCUT2D eigenvalue weighted by Crippen LogP contribution is -2.38. The van der Waals surface area contributed by atoms with Crippen molar-refractivity contribution in [2.24, 2.45) is 0 Å². The van der Waals surface area contributed by atoms with Gasteiger partial charge >= 0.3 is 5.97 Å². The van der Waals surface area contributed by atoms with Crippen LogP contribution in [0.3, 0.4) is 0 Å². The van der Waals surface area contributed by atoms with Gasteiger partial charge in [0.2, 0.25) is 11.8 Å². The van der Waals surface area contributed by atoms with Crippen LogP contribution in [0, 0.1) is 0 Å². The van der Waals surface area contributed by atoms with Crippen LogP contribution < -0.4 is 4.74 Å². The predicted molar refractivity (Wildman–Crippen MR) is 69.3 cm³/mol. The van der Waals surface area contributed by atoms with Crippen molar-refractivity contribution in [1.29, 1.82) is 0 Å². The number of ether oxygens (including phenoxy) is 1. The molecule has 0 saturated carbocycles. The molecule has 1 fully saturated rings. The molecule has 1 aliphatic rings.